The van der Waals surface area contributed by atoms with E-state index in [2.05, 4.69) is 15.6 Å². The molecule has 0 radical (unpaired) electrons. The van der Waals surface area contributed by atoms with Gasteiger partial charge in [-0.15, -0.1) is 0 Å². The summed E-state index contributed by atoms with van der Waals surface area (Å²) in [6, 6.07) is 15.9. The van der Waals surface area contributed by atoms with Crippen LogP contribution in [0.5, 0.6) is 0 Å². The molecule has 1 aromatic heterocycles. The Hall–Kier alpha value is -3.12. The van der Waals surface area contributed by atoms with Crippen LogP contribution in [0.3, 0.4) is 0 Å². The Morgan fingerprint density at radius 1 is 1.20 bits per heavy atom. The van der Waals surface area contributed by atoms with Gasteiger partial charge < -0.3 is 5.11 Å². The molecule has 2 aromatic carbocycles. The molecule has 7 heteroatoms. The van der Waals surface area contributed by atoms with E-state index < -0.39 is 5.97 Å². The molecule has 0 unspecified atom stereocenters. The van der Waals surface area contributed by atoms with Gasteiger partial charge >= 0.3 is 5.97 Å². The van der Waals surface area contributed by atoms with Crippen LogP contribution in [0.4, 0.5) is 5.69 Å². The smallest absolute Gasteiger partial charge is 0.335 e. The quantitative estimate of drug-likeness (QED) is 0.536. The van der Waals surface area contributed by atoms with E-state index in [-0.39, 0.29) is 5.56 Å². The molecule has 0 spiro atoms. The number of carboxylic acid groups (broad SMARTS) is 1. The number of nitrogens with zero attached hydrogens (tertiary/aromatic N) is 3. The number of hydrogen-bond acceptors (Lipinski definition) is 4. The topological polar surface area (TPSA) is 79.5 Å². The number of hydrogen-bond donors (Lipinski definition) is 2. The average Bonchev–Trinajstić information content (AvgIpc) is 2.91. The third-order valence-corrected chi connectivity index (χ3v) is 3.93. The van der Waals surface area contributed by atoms with Crippen LogP contribution in [0.1, 0.15) is 21.6 Å². The van der Waals surface area contributed by atoms with Crippen LogP contribution in [0.2, 0.25) is 5.15 Å². The van der Waals surface area contributed by atoms with E-state index >= 15 is 0 Å². The molecule has 0 bridgehead atoms. The summed E-state index contributed by atoms with van der Waals surface area (Å²) >= 11 is 6.42. The molecule has 6 nitrogen and oxygen atoms in total. The standard InChI is InChI=1S/C18H15ClN4O2/c1-12-16(17(19)23(22-12)15-5-3-2-4-6-15)11-20-21-14-9-7-13(8-10-14)18(24)25/h2-11,21H,1H3,(H,24,25)/b20-11-. The first-order valence-corrected chi connectivity index (χ1v) is 7.87. The molecule has 0 aliphatic carbocycles. The van der Waals surface area contributed by atoms with Crippen LogP contribution in [-0.4, -0.2) is 27.1 Å². The lowest BCUT2D eigenvalue weighted by molar-refractivity contribution is 0.0697. The Labute approximate surface area is 149 Å². The second kappa shape index (κ2) is 7.19. The van der Waals surface area contributed by atoms with Crippen LogP contribution in [0.25, 0.3) is 5.69 Å². The number of benzene rings is 2. The normalized spacial score (nSPS) is 11.0. The highest BCUT2D eigenvalue weighted by molar-refractivity contribution is 6.32. The molecule has 0 fully saturated rings. The Morgan fingerprint density at radius 2 is 1.88 bits per heavy atom. The van der Waals surface area contributed by atoms with Crippen LogP contribution in [0.15, 0.2) is 59.7 Å². The van der Waals surface area contributed by atoms with Crippen LogP contribution in [-0.2, 0) is 0 Å². The summed E-state index contributed by atoms with van der Waals surface area (Å²) in [5.74, 6) is -0.967. The fraction of sp³-hybridized carbons (Fsp3) is 0.0556. The van der Waals surface area contributed by atoms with Crippen molar-refractivity contribution in [3.8, 4) is 5.69 Å². The zero-order chi connectivity index (χ0) is 17.8. The lowest BCUT2D eigenvalue weighted by Crippen LogP contribution is -1.97. The second-order valence-corrected chi connectivity index (χ2v) is 5.65. The maximum atomic E-state index is 10.8. The van der Waals surface area contributed by atoms with Gasteiger partial charge in [-0.05, 0) is 43.3 Å². The van der Waals surface area contributed by atoms with Gasteiger partial charge in [0.15, 0.2) is 0 Å². The van der Waals surface area contributed by atoms with Crippen molar-refractivity contribution in [2.45, 2.75) is 6.92 Å². The number of para-hydroxylation sites is 1. The molecule has 3 aromatic rings. The number of nitrogens with one attached hydrogen (secondary N) is 1. The van der Waals surface area contributed by atoms with Crippen molar-refractivity contribution in [3.63, 3.8) is 0 Å². The summed E-state index contributed by atoms with van der Waals surface area (Å²) in [4.78, 5) is 10.8. The largest absolute Gasteiger partial charge is 0.478 e. The second-order valence-electron chi connectivity index (χ2n) is 5.29. The molecule has 126 valence electrons. The summed E-state index contributed by atoms with van der Waals surface area (Å²) < 4.78 is 1.65. The van der Waals surface area contributed by atoms with Gasteiger partial charge in [0, 0.05) is 0 Å². The van der Waals surface area contributed by atoms with Crippen LogP contribution >= 0.6 is 11.6 Å². The number of hydrazone groups is 1. The van der Waals surface area contributed by atoms with E-state index in [9.17, 15) is 4.79 Å². The minimum atomic E-state index is -0.967. The number of rotatable bonds is 5. The monoisotopic (exact) mass is 354 g/mol. The maximum absolute atomic E-state index is 10.8. The highest BCUT2D eigenvalue weighted by Crippen LogP contribution is 2.22. The van der Waals surface area contributed by atoms with Crippen molar-refractivity contribution in [1.82, 2.24) is 9.78 Å². The Bertz CT molecular complexity index is 918. The lowest BCUT2D eigenvalue weighted by Gasteiger charge is -2.02. The van der Waals surface area contributed by atoms with Gasteiger partial charge in [-0.3, -0.25) is 5.43 Å². The minimum Gasteiger partial charge on any atom is -0.478 e. The van der Waals surface area contributed by atoms with Crippen molar-refractivity contribution >= 4 is 29.5 Å². The van der Waals surface area contributed by atoms with E-state index in [1.165, 1.54) is 12.1 Å². The molecule has 25 heavy (non-hydrogen) atoms. The van der Waals surface area contributed by atoms with E-state index in [1.54, 1.807) is 23.0 Å². The average molecular weight is 355 g/mol. The minimum absolute atomic E-state index is 0.220. The number of carbonyl (C=O) groups is 1. The van der Waals surface area contributed by atoms with Gasteiger partial charge in [0.1, 0.15) is 5.15 Å². The predicted molar refractivity (Wildman–Crippen MR) is 97.9 cm³/mol. The van der Waals surface area contributed by atoms with Crippen LogP contribution in [0, 0.1) is 6.92 Å². The van der Waals surface area contributed by atoms with Gasteiger partial charge in [-0.1, -0.05) is 29.8 Å². The molecule has 0 saturated heterocycles. The molecule has 0 aliphatic rings. The molecule has 0 saturated carbocycles. The molecular formula is C18H15ClN4O2. The number of anilines is 1. The number of carboxylic acids is 1. The van der Waals surface area contributed by atoms with Crippen molar-refractivity contribution < 1.29 is 9.90 Å². The highest BCUT2D eigenvalue weighted by atomic mass is 35.5. The van der Waals surface area contributed by atoms with Gasteiger partial charge in [-0.2, -0.15) is 10.2 Å². The predicted octanol–water partition coefficient (Wildman–Crippen LogP) is 3.98. The van der Waals surface area contributed by atoms with Gasteiger partial charge in [0.2, 0.25) is 0 Å². The molecule has 3 rings (SSSR count). The molecule has 1 heterocycles. The number of aromatic nitrogens is 2. The SMILES string of the molecule is Cc1nn(-c2ccccc2)c(Cl)c1/C=N\Nc1ccc(C(=O)O)cc1. The summed E-state index contributed by atoms with van der Waals surface area (Å²) in [6.07, 6.45) is 1.59. The Kier molecular flexibility index (Phi) is 4.81. The Balaban J connectivity index is 1.78. The van der Waals surface area contributed by atoms with Gasteiger partial charge in [0.05, 0.1) is 34.4 Å². The zero-order valence-electron chi connectivity index (χ0n) is 13.3. The molecule has 0 atom stereocenters. The van der Waals surface area contributed by atoms with E-state index in [0.717, 1.165) is 11.4 Å². The molecule has 2 N–H and O–H groups in total. The van der Waals surface area contributed by atoms with Gasteiger partial charge in [0.25, 0.3) is 0 Å². The van der Waals surface area contributed by atoms with Gasteiger partial charge in [-0.25, -0.2) is 9.48 Å². The van der Waals surface area contributed by atoms with Crippen molar-refractivity contribution in [1.29, 1.82) is 0 Å². The first-order valence-electron chi connectivity index (χ1n) is 7.49. The third kappa shape index (κ3) is 3.70. The van der Waals surface area contributed by atoms with Crippen molar-refractivity contribution in [2.75, 3.05) is 5.43 Å². The summed E-state index contributed by atoms with van der Waals surface area (Å²) in [6.45, 7) is 1.86. The van der Waals surface area contributed by atoms with Crippen LogP contribution < -0.4 is 5.43 Å². The number of halogens is 1. The number of aromatic carboxylic acids is 1. The fourth-order valence-corrected chi connectivity index (χ4v) is 2.58. The summed E-state index contributed by atoms with van der Waals surface area (Å²) in [5, 5.41) is 17.9. The molecule has 0 aliphatic heterocycles. The highest BCUT2D eigenvalue weighted by Gasteiger charge is 2.12. The first kappa shape index (κ1) is 16.7. The molecule has 0 amide bonds. The van der Waals surface area contributed by atoms with E-state index in [0.29, 0.717) is 16.4 Å². The molecular weight excluding hydrogens is 340 g/mol. The Morgan fingerprint density at radius 3 is 2.52 bits per heavy atom. The fourth-order valence-electron chi connectivity index (χ4n) is 2.26. The van der Waals surface area contributed by atoms with Crippen molar-refractivity contribution in [2.24, 2.45) is 5.10 Å². The van der Waals surface area contributed by atoms with E-state index in [1.807, 2.05) is 37.3 Å². The first-order chi connectivity index (χ1) is 12.1. The third-order valence-electron chi connectivity index (χ3n) is 3.57. The summed E-state index contributed by atoms with van der Waals surface area (Å²) in [5.41, 5.74) is 6.06. The van der Waals surface area contributed by atoms with Crippen molar-refractivity contribution in [3.05, 3.63) is 76.6 Å². The number of aryl methyl sites for hydroxylation is 1. The maximum Gasteiger partial charge on any atom is 0.335 e. The zero-order valence-corrected chi connectivity index (χ0v) is 14.1. The van der Waals surface area contributed by atoms with E-state index in [4.69, 9.17) is 16.7 Å². The lowest BCUT2D eigenvalue weighted by atomic mass is 10.2. The summed E-state index contributed by atoms with van der Waals surface area (Å²) in [7, 11) is 0.